The molecule has 21 heavy (non-hydrogen) atoms. The number of aromatic carboxylic acids is 1. The van der Waals surface area contributed by atoms with Gasteiger partial charge in [0.05, 0.1) is 5.69 Å². The standard InChI is InChI=1S/C15H16BrN3O2/c1-9-10(2)17-18-14(13(9)15(20)21)19(3)8-11-5-4-6-12(16)7-11/h4-7H,8H2,1-3H3,(H,20,21). The van der Waals surface area contributed by atoms with Crippen LogP contribution in [0.2, 0.25) is 0 Å². The lowest BCUT2D eigenvalue weighted by molar-refractivity contribution is 0.0696. The number of halogens is 1. The summed E-state index contributed by atoms with van der Waals surface area (Å²) in [6, 6.07) is 7.86. The maximum atomic E-state index is 11.5. The first kappa shape index (κ1) is 15.4. The largest absolute Gasteiger partial charge is 0.478 e. The van der Waals surface area contributed by atoms with Crippen molar-refractivity contribution in [2.45, 2.75) is 20.4 Å². The lowest BCUT2D eigenvalue weighted by Crippen LogP contribution is -2.22. The lowest BCUT2D eigenvalue weighted by Gasteiger charge is -2.21. The molecular weight excluding hydrogens is 334 g/mol. The molecule has 6 heteroatoms. The first-order valence-electron chi connectivity index (χ1n) is 6.43. The van der Waals surface area contributed by atoms with Gasteiger partial charge in [0.1, 0.15) is 5.56 Å². The molecule has 0 atom stereocenters. The summed E-state index contributed by atoms with van der Waals surface area (Å²) in [5.74, 6) is -0.604. The van der Waals surface area contributed by atoms with Gasteiger partial charge in [-0.05, 0) is 37.1 Å². The van der Waals surface area contributed by atoms with Crippen molar-refractivity contribution >= 4 is 27.7 Å². The van der Waals surface area contributed by atoms with Gasteiger partial charge in [0.15, 0.2) is 5.82 Å². The van der Waals surface area contributed by atoms with Gasteiger partial charge in [-0.25, -0.2) is 4.79 Å². The van der Waals surface area contributed by atoms with E-state index in [9.17, 15) is 9.90 Å². The molecule has 1 aromatic heterocycles. The quantitative estimate of drug-likeness (QED) is 0.917. The summed E-state index contributed by atoms with van der Waals surface area (Å²) in [6.45, 7) is 4.06. The zero-order chi connectivity index (χ0) is 15.6. The van der Waals surface area contributed by atoms with Gasteiger partial charge in [-0.3, -0.25) is 0 Å². The van der Waals surface area contributed by atoms with Crippen LogP contribution < -0.4 is 4.90 Å². The minimum atomic E-state index is -0.985. The molecule has 0 saturated heterocycles. The predicted molar refractivity (Wildman–Crippen MR) is 84.7 cm³/mol. The van der Waals surface area contributed by atoms with Gasteiger partial charge in [0.2, 0.25) is 0 Å². The van der Waals surface area contributed by atoms with E-state index in [1.807, 2.05) is 31.3 Å². The molecule has 0 aliphatic carbocycles. The summed E-state index contributed by atoms with van der Waals surface area (Å²) in [5, 5.41) is 17.5. The van der Waals surface area contributed by atoms with Crippen molar-refractivity contribution in [2.75, 3.05) is 11.9 Å². The second-order valence-corrected chi connectivity index (χ2v) is 5.82. The van der Waals surface area contributed by atoms with Gasteiger partial charge < -0.3 is 10.0 Å². The summed E-state index contributed by atoms with van der Waals surface area (Å²) < 4.78 is 0.984. The van der Waals surface area contributed by atoms with E-state index in [0.717, 1.165) is 10.0 Å². The van der Waals surface area contributed by atoms with Gasteiger partial charge >= 0.3 is 5.97 Å². The summed E-state index contributed by atoms with van der Waals surface area (Å²) >= 11 is 3.43. The van der Waals surface area contributed by atoms with Crippen molar-refractivity contribution < 1.29 is 9.90 Å². The van der Waals surface area contributed by atoms with Crippen LogP contribution in [0, 0.1) is 13.8 Å². The Kier molecular flexibility index (Phi) is 4.57. The number of rotatable bonds is 4. The SMILES string of the molecule is Cc1nnc(N(C)Cc2cccc(Br)c2)c(C(=O)O)c1C. The van der Waals surface area contributed by atoms with Crippen molar-refractivity contribution in [3.8, 4) is 0 Å². The molecule has 0 amide bonds. The number of carbonyl (C=O) groups is 1. The molecule has 5 nitrogen and oxygen atoms in total. The number of aryl methyl sites for hydroxylation is 1. The highest BCUT2D eigenvalue weighted by atomic mass is 79.9. The van der Waals surface area contributed by atoms with Crippen molar-refractivity contribution in [3.63, 3.8) is 0 Å². The number of benzene rings is 1. The van der Waals surface area contributed by atoms with Gasteiger partial charge in [0.25, 0.3) is 0 Å². The van der Waals surface area contributed by atoms with Crippen molar-refractivity contribution in [2.24, 2.45) is 0 Å². The van der Waals surface area contributed by atoms with E-state index in [4.69, 9.17) is 0 Å². The van der Waals surface area contributed by atoms with E-state index in [1.54, 1.807) is 18.7 Å². The molecule has 2 rings (SSSR count). The first-order valence-corrected chi connectivity index (χ1v) is 7.22. The molecule has 0 fully saturated rings. The maximum Gasteiger partial charge on any atom is 0.339 e. The van der Waals surface area contributed by atoms with Crippen LogP contribution in [0.1, 0.15) is 27.2 Å². The zero-order valence-corrected chi connectivity index (χ0v) is 13.7. The number of nitrogens with zero attached hydrogens (tertiary/aromatic N) is 3. The summed E-state index contributed by atoms with van der Waals surface area (Å²) in [6.07, 6.45) is 0. The third kappa shape index (κ3) is 3.39. The second kappa shape index (κ2) is 6.22. The fourth-order valence-corrected chi connectivity index (χ4v) is 2.55. The molecule has 2 aromatic rings. The van der Waals surface area contributed by atoms with Crippen LogP contribution in [0.25, 0.3) is 0 Å². The number of carboxylic acid groups (broad SMARTS) is 1. The molecule has 0 spiro atoms. The smallest absolute Gasteiger partial charge is 0.339 e. The highest BCUT2D eigenvalue weighted by molar-refractivity contribution is 9.10. The maximum absolute atomic E-state index is 11.5. The molecule has 0 radical (unpaired) electrons. The monoisotopic (exact) mass is 349 g/mol. The molecule has 0 aliphatic rings. The Morgan fingerprint density at radius 2 is 2.05 bits per heavy atom. The number of carboxylic acids is 1. The van der Waals surface area contributed by atoms with Crippen molar-refractivity contribution in [1.29, 1.82) is 0 Å². The van der Waals surface area contributed by atoms with E-state index < -0.39 is 5.97 Å². The van der Waals surface area contributed by atoms with Crippen LogP contribution in [0.4, 0.5) is 5.82 Å². The predicted octanol–water partition coefficient (Wildman–Crippen LogP) is 3.19. The van der Waals surface area contributed by atoms with Crippen LogP contribution >= 0.6 is 15.9 Å². The van der Waals surface area contributed by atoms with Crippen LogP contribution in [0.15, 0.2) is 28.7 Å². The topological polar surface area (TPSA) is 66.3 Å². The van der Waals surface area contributed by atoms with Crippen LogP contribution in [-0.2, 0) is 6.54 Å². The fraction of sp³-hybridized carbons (Fsp3) is 0.267. The number of hydrogen-bond donors (Lipinski definition) is 1. The third-order valence-corrected chi connectivity index (χ3v) is 3.81. The van der Waals surface area contributed by atoms with Crippen LogP contribution in [0.5, 0.6) is 0 Å². The van der Waals surface area contributed by atoms with Gasteiger partial charge in [-0.15, -0.1) is 5.10 Å². The third-order valence-electron chi connectivity index (χ3n) is 3.32. The molecule has 0 aliphatic heterocycles. The van der Waals surface area contributed by atoms with Gasteiger partial charge in [0, 0.05) is 18.1 Å². The molecule has 1 aromatic carbocycles. The highest BCUT2D eigenvalue weighted by Gasteiger charge is 2.20. The van der Waals surface area contributed by atoms with Gasteiger partial charge in [-0.1, -0.05) is 28.1 Å². The second-order valence-electron chi connectivity index (χ2n) is 4.90. The Morgan fingerprint density at radius 3 is 2.67 bits per heavy atom. The molecule has 0 saturated carbocycles. The summed E-state index contributed by atoms with van der Waals surface area (Å²) in [7, 11) is 1.81. The van der Waals surface area contributed by atoms with Crippen LogP contribution in [-0.4, -0.2) is 28.3 Å². The minimum Gasteiger partial charge on any atom is -0.478 e. The number of anilines is 1. The Balaban J connectivity index is 2.37. The van der Waals surface area contributed by atoms with Crippen molar-refractivity contribution in [1.82, 2.24) is 10.2 Å². The molecule has 1 N–H and O–H groups in total. The van der Waals surface area contributed by atoms with E-state index in [-0.39, 0.29) is 5.56 Å². The Bertz CT molecular complexity index is 689. The van der Waals surface area contributed by atoms with Crippen LogP contribution in [0.3, 0.4) is 0 Å². The zero-order valence-electron chi connectivity index (χ0n) is 12.1. The van der Waals surface area contributed by atoms with Crippen molar-refractivity contribution in [3.05, 3.63) is 51.1 Å². The molecule has 0 bridgehead atoms. The first-order chi connectivity index (χ1) is 9.90. The highest BCUT2D eigenvalue weighted by Crippen LogP contribution is 2.23. The molecular formula is C15H16BrN3O2. The molecule has 1 heterocycles. The van der Waals surface area contributed by atoms with E-state index in [2.05, 4.69) is 26.1 Å². The average Bonchev–Trinajstić information content (AvgIpc) is 2.41. The van der Waals surface area contributed by atoms with Gasteiger partial charge in [-0.2, -0.15) is 5.10 Å². The number of hydrogen-bond acceptors (Lipinski definition) is 4. The summed E-state index contributed by atoms with van der Waals surface area (Å²) in [4.78, 5) is 13.3. The lowest BCUT2D eigenvalue weighted by atomic mass is 10.1. The minimum absolute atomic E-state index is 0.208. The van der Waals surface area contributed by atoms with E-state index in [1.165, 1.54) is 0 Å². The van der Waals surface area contributed by atoms with E-state index in [0.29, 0.717) is 23.6 Å². The number of aromatic nitrogens is 2. The normalized spacial score (nSPS) is 10.5. The Morgan fingerprint density at radius 1 is 1.33 bits per heavy atom. The summed E-state index contributed by atoms with van der Waals surface area (Å²) in [5.41, 5.74) is 2.55. The average molecular weight is 350 g/mol. The molecule has 0 unspecified atom stereocenters. The molecule has 110 valence electrons. The Hall–Kier alpha value is -1.95. The van der Waals surface area contributed by atoms with E-state index >= 15 is 0 Å². The fourth-order valence-electron chi connectivity index (χ4n) is 2.10. The Labute approximate surface area is 131 Å².